The lowest BCUT2D eigenvalue weighted by atomic mass is 10.2. The van der Waals surface area contributed by atoms with Gasteiger partial charge in [-0.1, -0.05) is 29.3 Å². The first kappa shape index (κ1) is 15.6. The number of sulfonamides is 1. The number of aromatic amines is 1. The van der Waals surface area contributed by atoms with E-state index in [-0.39, 0.29) is 15.7 Å². The molecule has 23 heavy (non-hydrogen) atoms. The zero-order chi connectivity index (χ0) is 16.6. The van der Waals surface area contributed by atoms with Gasteiger partial charge in [0.2, 0.25) is 5.75 Å². The van der Waals surface area contributed by atoms with E-state index in [1.54, 1.807) is 30.5 Å². The molecular formula is C16H14ClN2O3S+. The van der Waals surface area contributed by atoms with E-state index in [0.717, 1.165) is 5.56 Å². The second-order valence-corrected chi connectivity index (χ2v) is 7.22. The van der Waals surface area contributed by atoms with Gasteiger partial charge >= 0.3 is 0 Å². The highest BCUT2D eigenvalue weighted by Crippen LogP contribution is 2.35. The molecular weight excluding hydrogens is 336 g/mol. The molecule has 0 unspecified atom stereocenters. The van der Waals surface area contributed by atoms with Crippen LogP contribution in [0.1, 0.15) is 5.56 Å². The predicted molar refractivity (Wildman–Crippen MR) is 89.2 cm³/mol. The number of anilines is 1. The Balaban J connectivity index is 2.11. The van der Waals surface area contributed by atoms with E-state index >= 15 is 0 Å². The third-order valence-electron chi connectivity index (χ3n) is 3.46. The minimum absolute atomic E-state index is 0.0570. The fraction of sp³-hybridized carbons (Fsp3) is 0.0625. The van der Waals surface area contributed by atoms with Crippen molar-refractivity contribution in [1.29, 1.82) is 0 Å². The SMILES string of the molecule is Cc1ccc(S(=O)(=O)Nc2cc(Cl)c(O)c3[nH+]cccc23)cc1. The van der Waals surface area contributed by atoms with Crippen molar-refractivity contribution < 1.29 is 18.5 Å². The number of hydrogen-bond donors (Lipinski definition) is 2. The van der Waals surface area contributed by atoms with E-state index in [1.807, 2.05) is 6.92 Å². The Hall–Kier alpha value is -2.31. The Bertz CT molecular complexity index is 986. The number of pyridine rings is 1. The first-order chi connectivity index (χ1) is 10.9. The highest BCUT2D eigenvalue weighted by atomic mass is 35.5. The maximum absolute atomic E-state index is 12.5. The van der Waals surface area contributed by atoms with Crippen molar-refractivity contribution in [2.45, 2.75) is 11.8 Å². The molecule has 118 valence electrons. The molecule has 0 spiro atoms. The fourth-order valence-corrected chi connectivity index (χ4v) is 3.53. The van der Waals surface area contributed by atoms with Crippen LogP contribution in [0.2, 0.25) is 5.02 Å². The van der Waals surface area contributed by atoms with Crippen LogP contribution in [0.25, 0.3) is 10.9 Å². The molecule has 0 saturated heterocycles. The van der Waals surface area contributed by atoms with Crippen molar-refractivity contribution in [2.24, 2.45) is 0 Å². The molecule has 0 saturated carbocycles. The average Bonchev–Trinajstić information content (AvgIpc) is 2.52. The highest BCUT2D eigenvalue weighted by molar-refractivity contribution is 7.92. The molecule has 3 aromatic rings. The molecule has 0 radical (unpaired) electrons. The van der Waals surface area contributed by atoms with E-state index in [0.29, 0.717) is 16.6 Å². The normalized spacial score (nSPS) is 11.6. The maximum atomic E-state index is 12.5. The molecule has 1 heterocycles. The summed E-state index contributed by atoms with van der Waals surface area (Å²) in [5.41, 5.74) is 1.62. The van der Waals surface area contributed by atoms with Gasteiger partial charge in [0.05, 0.1) is 21.0 Å². The van der Waals surface area contributed by atoms with E-state index in [2.05, 4.69) is 9.71 Å². The molecule has 0 aliphatic heterocycles. The quantitative estimate of drug-likeness (QED) is 0.713. The lowest BCUT2D eigenvalue weighted by Crippen LogP contribution is -2.14. The molecule has 1 aromatic heterocycles. The Labute approximate surface area is 138 Å². The lowest BCUT2D eigenvalue weighted by Gasteiger charge is -2.11. The van der Waals surface area contributed by atoms with Gasteiger partial charge < -0.3 is 5.11 Å². The number of nitrogens with one attached hydrogen (secondary N) is 2. The Kier molecular flexibility index (Phi) is 3.87. The van der Waals surface area contributed by atoms with Crippen LogP contribution in [-0.2, 0) is 10.0 Å². The molecule has 3 N–H and O–H groups in total. The van der Waals surface area contributed by atoms with E-state index < -0.39 is 10.0 Å². The van der Waals surface area contributed by atoms with Gasteiger partial charge in [0.1, 0.15) is 0 Å². The van der Waals surface area contributed by atoms with Crippen LogP contribution in [-0.4, -0.2) is 13.5 Å². The summed E-state index contributed by atoms with van der Waals surface area (Å²) in [6.07, 6.45) is 1.62. The predicted octanol–water partition coefficient (Wildman–Crippen LogP) is 3.12. The van der Waals surface area contributed by atoms with Gasteiger partial charge in [0, 0.05) is 6.07 Å². The summed E-state index contributed by atoms with van der Waals surface area (Å²) in [6, 6.07) is 11.3. The molecule has 2 aromatic carbocycles. The first-order valence-corrected chi connectivity index (χ1v) is 8.66. The van der Waals surface area contributed by atoms with Crippen LogP contribution in [0.4, 0.5) is 5.69 Å². The largest absolute Gasteiger partial charge is 0.501 e. The fourth-order valence-electron chi connectivity index (χ4n) is 2.26. The van der Waals surface area contributed by atoms with Crippen molar-refractivity contribution in [3.05, 3.63) is 59.2 Å². The van der Waals surface area contributed by atoms with Crippen LogP contribution in [0.15, 0.2) is 53.6 Å². The molecule has 0 aliphatic carbocycles. The van der Waals surface area contributed by atoms with Crippen molar-refractivity contribution in [2.75, 3.05) is 4.72 Å². The molecule has 0 fully saturated rings. The van der Waals surface area contributed by atoms with Gasteiger partial charge in [-0.3, -0.25) is 4.72 Å². The summed E-state index contributed by atoms with van der Waals surface area (Å²) in [5, 5.41) is 10.6. The summed E-state index contributed by atoms with van der Waals surface area (Å²) in [4.78, 5) is 3.02. The Morgan fingerprint density at radius 1 is 1.17 bits per heavy atom. The molecule has 5 nitrogen and oxygen atoms in total. The van der Waals surface area contributed by atoms with Gasteiger partial charge in [-0.2, -0.15) is 0 Å². The van der Waals surface area contributed by atoms with Gasteiger partial charge in [-0.15, -0.1) is 0 Å². The van der Waals surface area contributed by atoms with Gasteiger partial charge in [-0.05, 0) is 31.2 Å². The number of hydrogen-bond acceptors (Lipinski definition) is 3. The molecule has 0 amide bonds. The smallest absolute Gasteiger partial charge is 0.261 e. The number of fused-ring (bicyclic) bond motifs is 1. The molecule has 3 rings (SSSR count). The summed E-state index contributed by atoms with van der Waals surface area (Å²) in [7, 11) is -3.76. The third kappa shape index (κ3) is 2.95. The summed E-state index contributed by atoms with van der Waals surface area (Å²) < 4.78 is 27.6. The number of phenolic OH excluding ortho intramolecular Hbond substituents is 1. The number of aryl methyl sites for hydroxylation is 1. The minimum atomic E-state index is -3.76. The zero-order valence-electron chi connectivity index (χ0n) is 12.2. The Morgan fingerprint density at radius 2 is 1.87 bits per heavy atom. The maximum Gasteiger partial charge on any atom is 0.261 e. The zero-order valence-corrected chi connectivity index (χ0v) is 13.7. The van der Waals surface area contributed by atoms with Crippen LogP contribution in [0, 0.1) is 6.92 Å². The second-order valence-electron chi connectivity index (χ2n) is 5.13. The Morgan fingerprint density at radius 3 is 2.57 bits per heavy atom. The van der Waals surface area contributed by atoms with E-state index in [1.165, 1.54) is 18.2 Å². The number of halogens is 1. The van der Waals surface area contributed by atoms with Crippen molar-refractivity contribution in [3.8, 4) is 5.75 Å². The number of aromatic hydroxyl groups is 1. The number of phenols is 1. The average molecular weight is 350 g/mol. The van der Waals surface area contributed by atoms with Crippen LogP contribution in [0.3, 0.4) is 0 Å². The molecule has 7 heteroatoms. The van der Waals surface area contributed by atoms with Gasteiger partial charge in [0.15, 0.2) is 6.20 Å². The number of H-pyrrole nitrogens is 1. The van der Waals surface area contributed by atoms with Crippen molar-refractivity contribution >= 4 is 38.2 Å². The van der Waals surface area contributed by atoms with Crippen LogP contribution in [0.5, 0.6) is 5.75 Å². The summed E-state index contributed by atoms with van der Waals surface area (Å²) in [6.45, 7) is 1.88. The van der Waals surface area contributed by atoms with Crippen molar-refractivity contribution in [1.82, 2.24) is 0 Å². The summed E-state index contributed by atoms with van der Waals surface area (Å²) >= 11 is 5.98. The monoisotopic (exact) mass is 349 g/mol. The molecule has 0 atom stereocenters. The number of benzene rings is 2. The lowest BCUT2D eigenvalue weighted by molar-refractivity contribution is -0.345. The number of aromatic nitrogens is 1. The second kappa shape index (κ2) is 5.72. The van der Waals surface area contributed by atoms with E-state index in [4.69, 9.17) is 11.6 Å². The highest BCUT2D eigenvalue weighted by Gasteiger charge is 2.20. The molecule has 0 bridgehead atoms. The number of rotatable bonds is 3. The van der Waals surface area contributed by atoms with Crippen LogP contribution < -0.4 is 9.71 Å². The van der Waals surface area contributed by atoms with Gasteiger partial charge in [-0.25, -0.2) is 13.4 Å². The van der Waals surface area contributed by atoms with E-state index in [9.17, 15) is 13.5 Å². The summed E-state index contributed by atoms with van der Waals surface area (Å²) in [5.74, 6) is -0.124. The van der Waals surface area contributed by atoms with Crippen LogP contribution >= 0.6 is 11.6 Å². The molecule has 0 aliphatic rings. The topological polar surface area (TPSA) is 80.5 Å². The first-order valence-electron chi connectivity index (χ1n) is 6.80. The third-order valence-corrected chi connectivity index (χ3v) is 5.13. The minimum Gasteiger partial charge on any atom is -0.501 e. The van der Waals surface area contributed by atoms with Crippen molar-refractivity contribution in [3.63, 3.8) is 0 Å². The standard InChI is InChI=1S/C16H13ClN2O3S/c1-10-4-6-11(7-5-10)23(21,22)19-14-9-13(17)16(20)15-12(14)3-2-8-18-15/h2-9,19-20H,1H3/p+1. The van der Waals surface area contributed by atoms with Gasteiger partial charge in [0.25, 0.3) is 15.5 Å².